The number of aliphatic hydroxyl groups is 1. The molecule has 1 atom stereocenters. The maximum atomic E-state index is 12.1. The van der Waals surface area contributed by atoms with E-state index in [2.05, 4.69) is 4.72 Å². The van der Waals surface area contributed by atoms with Crippen molar-refractivity contribution in [2.75, 3.05) is 19.6 Å². The van der Waals surface area contributed by atoms with Crippen molar-refractivity contribution in [3.05, 3.63) is 0 Å². The summed E-state index contributed by atoms with van der Waals surface area (Å²) in [7, 11) is -3.47. The average Bonchev–Trinajstić information content (AvgIpc) is 2.24. The number of aliphatic hydroxyl groups excluding tert-OH is 1. The topological polar surface area (TPSA) is 69.6 Å². The van der Waals surface area contributed by atoms with Gasteiger partial charge in [0.25, 0.3) is 10.2 Å². The van der Waals surface area contributed by atoms with E-state index in [1.165, 1.54) is 4.31 Å². The van der Waals surface area contributed by atoms with Gasteiger partial charge in [-0.3, -0.25) is 0 Å². The summed E-state index contributed by atoms with van der Waals surface area (Å²) in [6.07, 6.45) is 1.48. The Labute approximate surface area is 118 Å². The Morgan fingerprint density at radius 1 is 1.16 bits per heavy atom. The van der Waals surface area contributed by atoms with E-state index in [0.29, 0.717) is 19.5 Å². The molecule has 0 aliphatic heterocycles. The first-order valence-electron chi connectivity index (χ1n) is 7.05. The molecule has 0 rings (SSSR count). The zero-order chi connectivity index (χ0) is 15.1. The van der Waals surface area contributed by atoms with Crippen molar-refractivity contribution in [3.8, 4) is 0 Å². The van der Waals surface area contributed by atoms with Gasteiger partial charge in [-0.1, -0.05) is 34.6 Å². The highest BCUT2D eigenvalue weighted by molar-refractivity contribution is 7.87. The second-order valence-corrected chi connectivity index (χ2v) is 7.93. The van der Waals surface area contributed by atoms with Crippen LogP contribution in [-0.2, 0) is 10.2 Å². The molecule has 0 amide bonds. The SMILES string of the molecule is CCCN(CCC)S(=O)(=O)NCC(O)CC(C)(C)C. The standard InChI is InChI=1S/C13H30N2O3S/c1-6-8-15(9-7-2)19(17,18)14-11-12(16)10-13(3,4)5/h12,14,16H,6-11H2,1-5H3. The molecule has 0 spiro atoms. The predicted octanol–water partition coefficient (Wildman–Crippen LogP) is 1.74. The lowest BCUT2D eigenvalue weighted by atomic mass is 9.89. The fourth-order valence-corrected chi connectivity index (χ4v) is 3.35. The molecule has 0 aliphatic rings. The number of hydrogen-bond acceptors (Lipinski definition) is 3. The Kier molecular flexibility index (Phi) is 8.12. The van der Waals surface area contributed by atoms with Gasteiger partial charge in [-0.15, -0.1) is 0 Å². The Hall–Kier alpha value is -0.170. The minimum absolute atomic E-state index is 0.0165. The predicted molar refractivity (Wildman–Crippen MR) is 79.2 cm³/mol. The lowest BCUT2D eigenvalue weighted by molar-refractivity contribution is 0.124. The van der Waals surface area contributed by atoms with Gasteiger partial charge in [0, 0.05) is 19.6 Å². The van der Waals surface area contributed by atoms with Crippen LogP contribution in [0.2, 0.25) is 0 Å². The van der Waals surface area contributed by atoms with Crippen LogP contribution in [0.1, 0.15) is 53.9 Å². The molecule has 0 aromatic heterocycles. The third kappa shape index (κ3) is 8.57. The molecule has 5 nitrogen and oxygen atoms in total. The van der Waals surface area contributed by atoms with Crippen LogP contribution in [0.25, 0.3) is 0 Å². The smallest absolute Gasteiger partial charge is 0.279 e. The second kappa shape index (κ2) is 8.19. The Morgan fingerprint density at radius 3 is 2.00 bits per heavy atom. The molecule has 0 heterocycles. The summed E-state index contributed by atoms with van der Waals surface area (Å²) in [4.78, 5) is 0. The minimum atomic E-state index is -3.47. The highest BCUT2D eigenvalue weighted by Gasteiger charge is 2.23. The van der Waals surface area contributed by atoms with Crippen LogP contribution >= 0.6 is 0 Å². The molecule has 0 aromatic rings. The monoisotopic (exact) mass is 294 g/mol. The molecule has 0 bridgehead atoms. The lowest BCUT2D eigenvalue weighted by Gasteiger charge is -2.25. The van der Waals surface area contributed by atoms with Crippen molar-refractivity contribution in [1.29, 1.82) is 0 Å². The molecule has 19 heavy (non-hydrogen) atoms. The summed E-state index contributed by atoms with van der Waals surface area (Å²) in [5, 5.41) is 9.84. The molecule has 0 saturated heterocycles. The van der Waals surface area contributed by atoms with E-state index < -0.39 is 16.3 Å². The summed E-state index contributed by atoms with van der Waals surface area (Å²) >= 11 is 0. The number of nitrogens with one attached hydrogen (secondary N) is 1. The molecule has 0 aromatic carbocycles. The first-order chi connectivity index (χ1) is 8.62. The molecule has 0 radical (unpaired) electrons. The van der Waals surface area contributed by atoms with Gasteiger partial charge in [0.05, 0.1) is 6.10 Å². The number of rotatable bonds is 9. The van der Waals surface area contributed by atoms with E-state index in [0.717, 1.165) is 12.8 Å². The van der Waals surface area contributed by atoms with Crippen molar-refractivity contribution in [2.24, 2.45) is 5.41 Å². The van der Waals surface area contributed by atoms with Crippen LogP contribution in [0.15, 0.2) is 0 Å². The van der Waals surface area contributed by atoms with Crippen molar-refractivity contribution >= 4 is 10.2 Å². The average molecular weight is 294 g/mol. The van der Waals surface area contributed by atoms with Gasteiger partial charge in [-0.05, 0) is 24.7 Å². The molecule has 0 fully saturated rings. The van der Waals surface area contributed by atoms with Crippen molar-refractivity contribution < 1.29 is 13.5 Å². The van der Waals surface area contributed by atoms with Crippen LogP contribution in [0.3, 0.4) is 0 Å². The van der Waals surface area contributed by atoms with Gasteiger partial charge >= 0.3 is 0 Å². The summed E-state index contributed by atoms with van der Waals surface area (Å²) < 4.78 is 28.1. The zero-order valence-corrected chi connectivity index (χ0v) is 13.8. The van der Waals surface area contributed by atoms with E-state index in [1.807, 2.05) is 34.6 Å². The molecule has 116 valence electrons. The van der Waals surface area contributed by atoms with E-state index in [-0.39, 0.29) is 12.0 Å². The number of nitrogens with zero attached hydrogens (tertiary/aromatic N) is 1. The normalized spacial score (nSPS) is 14.9. The Balaban J connectivity index is 4.42. The fraction of sp³-hybridized carbons (Fsp3) is 1.00. The highest BCUT2D eigenvalue weighted by atomic mass is 32.2. The van der Waals surface area contributed by atoms with Gasteiger partial charge in [-0.25, -0.2) is 0 Å². The van der Waals surface area contributed by atoms with Gasteiger partial charge in [-0.2, -0.15) is 17.4 Å². The van der Waals surface area contributed by atoms with E-state index >= 15 is 0 Å². The number of hydrogen-bond donors (Lipinski definition) is 2. The summed E-state index contributed by atoms with van der Waals surface area (Å²) in [5.41, 5.74) is -0.0165. The third-order valence-corrected chi connectivity index (χ3v) is 4.21. The third-order valence-electron chi connectivity index (χ3n) is 2.64. The summed E-state index contributed by atoms with van der Waals surface area (Å²) in [5.74, 6) is 0. The highest BCUT2D eigenvalue weighted by Crippen LogP contribution is 2.20. The van der Waals surface area contributed by atoms with Crippen LogP contribution in [0.5, 0.6) is 0 Å². The molecule has 0 aliphatic carbocycles. The Bertz CT molecular complexity index is 330. The maximum absolute atomic E-state index is 12.1. The molecule has 2 N–H and O–H groups in total. The molecule has 6 heteroatoms. The lowest BCUT2D eigenvalue weighted by Crippen LogP contribution is -2.44. The quantitative estimate of drug-likeness (QED) is 0.680. The molecular weight excluding hydrogens is 264 g/mol. The second-order valence-electron chi connectivity index (χ2n) is 6.17. The van der Waals surface area contributed by atoms with Gasteiger partial charge in [0.2, 0.25) is 0 Å². The largest absolute Gasteiger partial charge is 0.392 e. The van der Waals surface area contributed by atoms with Crippen molar-refractivity contribution in [3.63, 3.8) is 0 Å². The van der Waals surface area contributed by atoms with E-state index in [4.69, 9.17) is 0 Å². The van der Waals surface area contributed by atoms with Gasteiger partial charge < -0.3 is 5.11 Å². The Morgan fingerprint density at radius 2 is 1.63 bits per heavy atom. The molecule has 1 unspecified atom stereocenters. The fourth-order valence-electron chi connectivity index (χ4n) is 1.92. The van der Waals surface area contributed by atoms with Crippen LogP contribution in [0.4, 0.5) is 0 Å². The molecule has 0 saturated carbocycles. The van der Waals surface area contributed by atoms with Gasteiger partial charge in [0.15, 0.2) is 0 Å². The van der Waals surface area contributed by atoms with Crippen LogP contribution in [0, 0.1) is 5.41 Å². The zero-order valence-electron chi connectivity index (χ0n) is 12.9. The first kappa shape index (κ1) is 18.8. The van der Waals surface area contributed by atoms with Crippen molar-refractivity contribution in [2.45, 2.75) is 60.0 Å². The molecular formula is C13H30N2O3S. The first-order valence-corrected chi connectivity index (χ1v) is 8.49. The summed E-state index contributed by atoms with van der Waals surface area (Å²) in [6, 6.07) is 0. The minimum Gasteiger partial charge on any atom is -0.392 e. The maximum Gasteiger partial charge on any atom is 0.279 e. The van der Waals surface area contributed by atoms with Crippen LogP contribution < -0.4 is 4.72 Å². The van der Waals surface area contributed by atoms with Gasteiger partial charge in [0.1, 0.15) is 0 Å². The van der Waals surface area contributed by atoms with E-state index in [9.17, 15) is 13.5 Å². The summed E-state index contributed by atoms with van der Waals surface area (Å²) in [6.45, 7) is 11.1. The van der Waals surface area contributed by atoms with Crippen molar-refractivity contribution in [1.82, 2.24) is 9.03 Å². The van der Waals surface area contributed by atoms with E-state index in [1.54, 1.807) is 0 Å². The van der Waals surface area contributed by atoms with Crippen LogP contribution in [-0.4, -0.2) is 43.6 Å².